The normalized spacial score (nSPS) is 16.5. The predicted octanol–water partition coefficient (Wildman–Crippen LogP) is 3.48. The smallest absolute Gasteiger partial charge is 0.267 e. The second-order valence-electron chi connectivity index (χ2n) is 7.79. The van der Waals surface area contributed by atoms with E-state index in [1.165, 1.54) is 5.56 Å². The molecule has 1 unspecified atom stereocenters. The van der Waals surface area contributed by atoms with Crippen LogP contribution in [0.2, 0.25) is 0 Å². The molecule has 1 aromatic heterocycles. The molecule has 1 aliphatic rings. The fraction of sp³-hybridized carbons (Fsp3) is 0.250. The van der Waals surface area contributed by atoms with E-state index in [9.17, 15) is 4.79 Å². The summed E-state index contributed by atoms with van der Waals surface area (Å²) in [6.07, 6.45) is 1.04. The largest absolute Gasteiger partial charge is 0.457 e. The molecule has 1 atom stereocenters. The Morgan fingerprint density at radius 2 is 1.97 bits per heavy atom. The molecule has 4 rings (SSSR count). The molecule has 1 fully saturated rings. The van der Waals surface area contributed by atoms with E-state index in [1.54, 1.807) is 12.1 Å². The van der Waals surface area contributed by atoms with Gasteiger partial charge < -0.3 is 16.2 Å². The molecule has 0 saturated carbocycles. The standard InChI is InChI=1S/C24H26N4O2/c1-16-5-10-23(18(13-16)14-28-12-11-19(25)15-28)30-20-8-6-17(7-9-20)21-3-2-4-22(27-21)24(26)29/h2-10,13,19H,11-12,14-15,25H2,1H3,(H2,26,29). The van der Waals surface area contributed by atoms with Crippen LogP contribution in [-0.4, -0.2) is 34.9 Å². The van der Waals surface area contributed by atoms with Gasteiger partial charge in [-0.2, -0.15) is 0 Å². The molecule has 3 aromatic rings. The second kappa shape index (κ2) is 8.65. The number of amides is 1. The van der Waals surface area contributed by atoms with Gasteiger partial charge in [0.05, 0.1) is 5.69 Å². The van der Waals surface area contributed by atoms with Gasteiger partial charge in [0.25, 0.3) is 5.91 Å². The summed E-state index contributed by atoms with van der Waals surface area (Å²) in [5.74, 6) is 1.05. The lowest BCUT2D eigenvalue weighted by molar-refractivity contribution is 0.0995. The topological polar surface area (TPSA) is 94.5 Å². The number of carbonyl (C=O) groups is 1. The van der Waals surface area contributed by atoms with Crippen molar-refractivity contribution in [2.45, 2.75) is 25.9 Å². The Hall–Kier alpha value is -3.22. The molecule has 0 aliphatic carbocycles. The van der Waals surface area contributed by atoms with Crippen molar-refractivity contribution in [3.05, 3.63) is 77.5 Å². The SMILES string of the molecule is Cc1ccc(Oc2ccc(-c3cccc(C(N)=O)n3)cc2)c(CN2CCC(N)C2)c1. The molecule has 30 heavy (non-hydrogen) atoms. The van der Waals surface area contributed by atoms with Gasteiger partial charge in [0.15, 0.2) is 0 Å². The third-order valence-corrected chi connectivity index (χ3v) is 5.30. The first kappa shape index (κ1) is 20.1. The van der Waals surface area contributed by atoms with E-state index in [2.05, 4.69) is 28.9 Å². The van der Waals surface area contributed by atoms with Crippen molar-refractivity contribution < 1.29 is 9.53 Å². The number of nitrogens with zero attached hydrogens (tertiary/aromatic N) is 2. The first-order chi connectivity index (χ1) is 14.5. The summed E-state index contributed by atoms with van der Waals surface area (Å²) in [6, 6.07) is 19.4. The Labute approximate surface area is 176 Å². The number of ether oxygens (including phenoxy) is 1. The number of nitrogens with two attached hydrogens (primary N) is 2. The van der Waals surface area contributed by atoms with Crippen LogP contribution >= 0.6 is 0 Å². The Bertz CT molecular complexity index is 1050. The van der Waals surface area contributed by atoms with Gasteiger partial charge in [0.2, 0.25) is 0 Å². The number of likely N-dealkylation sites (tertiary alicyclic amines) is 1. The Kier molecular flexibility index (Phi) is 5.79. The number of hydrogen-bond donors (Lipinski definition) is 2. The number of hydrogen-bond acceptors (Lipinski definition) is 5. The zero-order chi connectivity index (χ0) is 21.1. The highest BCUT2D eigenvalue weighted by atomic mass is 16.5. The molecule has 6 nitrogen and oxygen atoms in total. The van der Waals surface area contributed by atoms with Gasteiger partial charge in [-0.1, -0.05) is 23.8 Å². The molecule has 0 radical (unpaired) electrons. The molecule has 1 saturated heterocycles. The maximum atomic E-state index is 11.4. The summed E-state index contributed by atoms with van der Waals surface area (Å²) in [5.41, 5.74) is 15.6. The lowest BCUT2D eigenvalue weighted by atomic mass is 10.1. The monoisotopic (exact) mass is 402 g/mol. The van der Waals surface area contributed by atoms with Crippen LogP contribution in [0.5, 0.6) is 11.5 Å². The highest BCUT2D eigenvalue weighted by Crippen LogP contribution is 2.30. The van der Waals surface area contributed by atoms with Crippen molar-refractivity contribution in [3.63, 3.8) is 0 Å². The zero-order valence-electron chi connectivity index (χ0n) is 17.0. The van der Waals surface area contributed by atoms with Gasteiger partial charge in [-0.05, 0) is 55.8 Å². The number of pyridine rings is 1. The van der Waals surface area contributed by atoms with E-state index in [0.29, 0.717) is 5.69 Å². The molecule has 0 bridgehead atoms. The van der Waals surface area contributed by atoms with Crippen molar-refractivity contribution >= 4 is 5.91 Å². The number of benzene rings is 2. The summed E-state index contributed by atoms with van der Waals surface area (Å²) in [5, 5.41) is 0. The molecular weight excluding hydrogens is 376 g/mol. The van der Waals surface area contributed by atoms with Gasteiger partial charge in [0, 0.05) is 36.8 Å². The van der Waals surface area contributed by atoms with Gasteiger partial charge in [0.1, 0.15) is 17.2 Å². The molecule has 0 spiro atoms. The number of rotatable bonds is 6. The van der Waals surface area contributed by atoms with Crippen LogP contribution in [0.1, 0.15) is 28.0 Å². The summed E-state index contributed by atoms with van der Waals surface area (Å²) in [7, 11) is 0. The van der Waals surface area contributed by atoms with E-state index in [-0.39, 0.29) is 11.7 Å². The van der Waals surface area contributed by atoms with Crippen LogP contribution in [-0.2, 0) is 6.54 Å². The Morgan fingerprint density at radius 1 is 1.17 bits per heavy atom. The molecule has 2 heterocycles. The van der Waals surface area contributed by atoms with Crippen LogP contribution in [0.15, 0.2) is 60.7 Å². The maximum absolute atomic E-state index is 11.4. The quantitative estimate of drug-likeness (QED) is 0.658. The molecule has 4 N–H and O–H groups in total. The van der Waals surface area contributed by atoms with Crippen molar-refractivity contribution in [1.82, 2.24) is 9.88 Å². The first-order valence-corrected chi connectivity index (χ1v) is 10.1. The van der Waals surface area contributed by atoms with Crippen LogP contribution in [0.25, 0.3) is 11.3 Å². The van der Waals surface area contributed by atoms with Crippen molar-refractivity contribution in [2.75, 3.05) is 13.1 Å². The molecule has 154 valence electrons. The van der Waals surface area contributed by atoms with Crippen molar-refractivity contribution in [1.29, 1.82) is 0 Å². The van der Waals surface area contributed by atoms with Crippen LogP contribution in [0.4, 0.5) is 0 Å². The van der Waals surface area contributed by atoms with Gasteiger partial charge in [-0.25, -0.2) is 4.98 Å². The van der Waals surface area contributed by atoms with Gasteiger partial charge in [-0.15, -0.1) is 0 Å². The number of primary amides is 1. The second-order valence-corrected chi connectivity index (χ2v) is 7.79. The van der Waals surface area contributed by atoms with Crippen LogP contribution in [0, 0.1) is 6.92 Å². The van der Waals surface area contributed by atoms with Gasteiger partial charge >= 0.3 is 0 Å². The Morgan fingerprint density at radius 3 is 2.67 bits per heavy atom. The third kappa shape index (κ3) is 4.67. The molecule has 2 aromatic carbocycles. The van der Waals surface area contributed by atoms with E-state index in [4.69, 9.17) is 16.2 Å². The van der Waals surface area contributed by atoms with E-state index >= 15 is 0 Å². The fourth-order valence-corrected chi connectivity index (χ4v) is 3.73. The van der Waals surface area contributed by atoms with Crippen LogP contribution < -0.4 is 16.2 Å². The molecule has 1 amide bonds. The number of aromatic nitrogens is 1. The number of aryl methyl sites for hydroxylation is 1. The summed E-state index contributed by atoms with van der Waals surface area (Å²) in [4.78, 5) is 18.0. The highest BCUT2D eigenvalue weighted by Gasteiger charge is 2.20. The Balaban J connectivity index is 1.52. The number of carbonyl (C=O) groups excluding carboxylic acids is 1. The maximum Gasteiger partial charge on any atom is 0.267 e. The first-order valence-electron chi connectivity index (χ1n) is 10.1. The average molecular weight is 402 g/mol. The van der Waals surface area contributed by atoms with E-state index in [0.717, 1.165) is 48.7 Å². The van der Waals surface area contributed by atoms with Crippen LogP contribution in [0.3, 0.4) is 0 Å². The molecule has 6 heteroatoms. The fourth-order valence-electron chi connectivity index (χ4n) is 3.73. The molecule has 1 aliphatic heterocycles. The predicted molar refractivity (Wildman–Crippen MR) is 117 cm³/mol. The minimum absolute atomic E-state index is 0.249. The minimum atomic E-state index is -0.539. The zero-order valence-corrected chi connectivity index (χ0v) is 17.0. The van der Waals surface area contributed by atoms with E-state index < -0.39 is 5.91 Å². The van der Waals surface area contributed by atoms with Crippen molar-refractivity contribution in [3.8, 4) is 22.8 Å². The minimum Gasteiger partial charge on any atom is -0.457 e. The summed E-state index contributed by atoms with van der Waals surface area (Å²) < 4.78 is 6.20. The van der Waals surface area contributed by atoms with Gasteiger partial charge in [-0.3, -0.25) is 9.69 Å². The third-order valence-electron chi connectivity index (χ3n) is 5.30. The van der Waals surface area contributed by atoms with Crippen molar-refractivity contribution in [2.24, 2.45) is 11.5 Å². The lowest BCUT2D eigenvalue weighted by Gasteiger charge is -2.18. The summed E-state index contributed by atoms with van der Waals surface area (Å²) >= 11 is 0. The summed E-state index contributed by atoms with van der Waals surface area (Å²) in [6.45, 7) is 4.84. The molecular formula is C24H26N4O2. The van der Waals surface area contributed by atoms with E-state index in [1.807, 2.05) is 36.4 Å². The average Bonchev–Trinajstić information content (AvgIpc) is 3.15. The lowest BCUT2D eigenvalue weighted by Crippen LogP contribution is -2.26. The highest BCUT2D eigenvalue weighted by molar-refractivity contribution is 5.91.